The van der Waals surface area contributed by atoms with Crippen LogP contribution >= 0.6 is 24.4 Å². The van der Waals surface area contributed by atoms with E-state index in [-0.39, 0.29) is 12.3 Å². The van der Waals surface area contributed by atoms with Crippen molar-refractivity contribution in [1.82, 2.24) is 5.01 Å². The van der Waals surface area contributed by atoms with Crippen LogP contribution in [0.4, 0.5) is 0 Å². The van der Waals surface area contributed by atoms with E-state index in [2.05, 4.69) is 17.7 Å². The fourth-order valence-corrected chi connectivity index (χ4v) is 3.07. The Labute approximate surface area is 126 Å². The zero-order valence-electron chi connectivity index (χ0n) is 10.8. The number of benzene rings is 1. The quantitative estimate of drug-likeness (QED) is 0.834. The smallest absolute Gasteiger partial charge is 0.339 e. The minimum Gasteiger partial charge on any atom is -0.479 e. The second-order valence-electron chi connectivity index (χ2n) is 4.24. The Morgan fingerprint density at radius 3 is 2.75 bits per heavy atom. The third kappa shape index (κ3) is 2.99. The van der Waals surface area contributed by atoms with Crippen LogP contribution in [0.1, 0.15) is 17.5 Å². The Morgan fingerprint density at radius 1 is 1.45 bits per heavy atom. The summed E-state index contributed by atoms with van der Waals surface area (Å²) in [4.78, 5) is 23.2. The van der Waals surface area contributed by atoms with Crippen LogP contribution in [0.25, 0.3) is 0 Å². The van der Waals surface area contributed by atoms with Crippen molar-refractivity contribution in [3.05, 3.63) is 35.4 Å². The van der Waals surface area contributed by atoms with E-state index in [1.165, 1.54) is 0 Å². The Morgan fingerprint density at radius 2 is 2.15 bits per heavy atom. The standard InChI is InChI=1S/C13H14N2O3S2/c1-8-4-2-3-5-9(8)11-14-15(10(16)6-7-19)12(20-11)13(17)18/h2-5,12,19H,6-7H2,1H3,(H,17,18). The van der Waals surface area contributed by atoms with Gasteiger partial charge in [0.2, 0.25) is 11.3 Å². The van der Waals surface area contributed by atoms with E-state index in [9.17, 15) is 14.7 Å². The molecule has 1 amide bonds. The molecule has 1 aromatic carbocycles. The average molecular weight is 310 g/mol. The van der Waals surface area contributed by atoms with Gasteiger partial charge in [-0.2, -0.15) is 17.7 Å². The van der Waals surface area contributed by atoms with Gasteiger partial charge in [0.15, 0.2) is 0 Å². The number of nitrogens with zero attached hydrogens (tertiary/aromatic N) is 2. The van der Waals surface area contributed by atoms with E-state index in [4.69, 9.17) is 0 Å². The SMILES string of the molecule is Cc1ccccc1C1=NN(C(=O)CCS)C(C(=O)O)S1. The number of aliphatic carboxylic acids is 1. The lowest BCUT2D eigenvalue weighted by molar-refractivity contribution is -0.145. The van der Waals surface area contributed by atoms with Crippen LogP contribution in [0, 0.1) is 6.92 Å². The minimum atomic E-state index is -1.07. The van der Waals surface area contributed by atoms with Crippen molar-refractivity contribution in [2.75, 3.05) is 5.75 Å². The number of carboxylic acid groups (broad SMARTS) is 1. The number of carbonyl (C=O) groups is 2. The molecule has 1 atom stereocenters. The number of carbonyl (C=O) groups excluding carboxylic acids is 1. The molecular formula is C13H14N2O3S2. The van der Waals surface area contributed by atoms with Gasteiger partial charge in [-0.25, -0.2) is 9.80 Å². The zero-order chi connectivity index (χ0) is 14.7. The molecule has 0 fully saturated rings. The molecule has 0 aromatic heterocycles. The van der Waals surface area contributed by atoms with Gasteiger partial charge in [0.25, 0.3) is 0 Å². The van der Waals surface area contributed by atoms with Crippen LogP contribution in [0.5, 0.6) is 0 Å². The van der Waals surface area contributed by atoms with E-state index in [0.717, 1.165) is 27.9 Å². The molecule has 2 rings (SSSR count). The number of hydrogen-bond acceptors (Lipinski definition) is 5. The van der Waals surface area contributed by atoms with E-state index >= 15 is 0 Å². The van der Waals surface area contributed by atoms with Gasteiger partial charge >= 0.3 is 5.97 Å². The van der Waals surface area contributed by atoms with Crippen molar-refractivity contribution < 1.29 is 14.7 Å². The molecule has 0 aliphatic carbocycles. The molecule has 1 unspecified atom stereocenters. The molecule has 1 N–H and O–H groups in total. The number of amides is 1. The van der Waals surface area contributed by atoms with Gasteiger partial charge in [-0.15, -0.1) is 0 Å². The molecule has 5 nitrogen and oxygen atoms in total. The first-order chi connectivity index (χ1) is 9.54. The summed E-state index contributed by atoms with van der Waals surface area (Å²) in [5, 5.41) is 14.0. The Hall–Kier alpha value is -1.47. The van der Waals surface area contributed by atoms with Crippen LogP contribution < -0.4 is 0 Å². The molecule has 1 aliphatic rings. The van der Waals surface area contributed by atoms with Crippen molar-refractivity contribution >= 4 is 41.3 Å². The normalized spacial score (nSPS) is 18.0. The minimum absolute atomic E-state index is 0.165. The molecule has 1 aromatic rings. The van der Waals surface area contributed by atoms with Crippen LogP contribution in [0.2, 0.25) is 0 Å². The highest BCUT2D eigenvalue weighted by Crippen LogP contribution is 2.31. The molecule has 7 heteroatoms. The lowest BCUT2D eigenvalue weighted by atomic mass is 10.1. The highest BCUT2D eigenvalue weighted by molar-refractivity contribution is 8.15. The summed E-state index contributed by atoms with van der Waals surface area (Å²) in [5.74, 6) is -1.04. The second-order valence-corrected chi connectivity index (χ2v) is 5.76. The number of thiol groups is 1. The van der Waals surface area contributed by atoms with Crippen molar-refractivity contribution in [1.29, 1.82) is 0 Å². The van der Waals surface area contributed by atoms with E-state index in [1.54, 1.807) is 0 Å². The summed E-state index contributed by atoms with van der Waals surface area (Å²) in [6.45, 7) is 1.92. The number of carboxylic acids is 1. The lowest BCUT2D eigenvalue weighted by Gasteiger charge is -2.16. The Bertz CT molecular complexity index is 574. The summed E-state index contributed by atoms with van der Waals surface area (Å²) in [6.07, 6.45) is 0.165. The largest absolute Gasteiger partial charge is 0.479 e. The predicted molar refractivity (Wildman–Crippen MR) is 82.0 cm³/mol. The van der Waals surface area contributed by atoms with Crippen molar-refractivity contribution in [2.24, 2.45) is 5.10 Å². The summed E-state index contributed by atoms with van der Waals surface area (Å²) in [5.41, 5.74) is 1.84. The van der Waals surface area contributed by atoms with Crippen LogP contribution in [-0.4, -0.2) is 38.2 Å². The first kappa shape index (κ1) is 14.9. The molecule has 106 valence electrons. The van der Waals surface area contributed by atoms with Gasteiger partial charge in [-0.1, -0.05) is 36.0 Å². The van der Waals surface area contributed by atoms with Crippen LogP contribution in [0.15, 0.2) is 29.4 Å². The van der Waals surface area contributed by atoms with Crippen molar-refractivity contribution in [3.63, 3.8) is 0 Å². The average Bonchev–Trinajstić information content (AvgIpc) is 2.84. The third-order valence-corrected chi connectivity index (χ3v) is 4.18. The number of hydrazone groups is 1. The number of aryl methyl sites for hydroxylation is 1. The molecule has 0 radical (unpaired) electrons. The predicted octanol–water partition coefficient (Wildman–Crippen LogP) is 1.96. The van der Waals surface area contributed by atoms with Gasteiger partial charge in [0, 0.05) is 12.0 Å². The van der Waals surface area contributed by atoms with Gasteiger partial charge in [-0.3, -0.25) is 4.79 Å². The monoisotopic (exact) mass is 310 g/mol. The number of hydrogen-bond donors (Lipinski definition) is 2. The molecular weight excluding hydrogens is 296 g/mol. The fraction of sp³-hybridized carbons (Fsp3) is 0.308. The summed E-state index contributed by atoms with van der Waals surface area (Å²) >= 11 is 5.07. The van der Waals surface area contributed by atoms with Gasteiger partial charge in [0.05, 0.1) is 0 Å². The van der Waals surface area contributed by atoms with Gasteiger partial charge < -0.3 is 5.11 Å². The first-order valence-corrected chi connectivity index (χ1v) is 7.53. The maximum atomic E-state index is 11.9. The number of rotatable bonds is 4. The molecule has 0 saturated carbocycles. The van der Waals surface area contributed by atoms with Gasteiger partial charge in [-0.05, 0) is 18.2 Å². The Kier molecular flexibility index (Phi) is 4.72. The zero-order valence-corrected chi connectivity index (χ0v) is 12.5. The van der Waals surface area contributed by atoms with Crippen molar-refractivity contribution in [3.8, 4) is 0 Å². The molecule has 1 heterocycles. The summed E-state index contributed by atoms with van der Waals surface area (Å²) in [7, 11) is 0. The summed E-state index contributed by atoms with van der Waals surface area (Å²) < 4.78 is 0. The van der Waals surface area contributed by atoms with Crippen LogP contribution in [0.3, 0.4) is 0 Å². The lowest BCUT2D eigenvalue weighted by Crippen LogP contribution is -2.36. The maximum Gasteiger partial charge on any atom is 0.339 e. The molecule has 1 aliphatic heterocycles. The molecule has 20 heavy (non-hydrogen) atoms. The number of thioether (sulfide) groups is 1. The summed E-state index contributed by atoms with van der Waals surface area (Å²) in [6, 6.07) is 7.55. The third-order valence-electron chi connectivity index (χ3n) is 2.81. The van der Waals surface area contributed by atoms with E-state index < -0.39 is 11.3 Å². The van der Waals surface area contributed by atoms with Crippen molar-refractivity contribution in [2.45, 2.75) is 18.7 Å². The van der Waals surface area contributed by atoms with Gasteiger partial charge in [0.1, 0.15) is 5.04 Å². The molecule has 0 bridgehead atoms. The van der Waals surface area contributed by atoms with E-state index in [1.807, 2.05) is 31.2 Å². The second kappa shape index (κ2) is 6.32. The van der Waals surface area contributed by atoms with Crippen LogP contribution in [-0.2, 0) is 9.59 Å². The Balaban J connectivity index is 2.32. The highest BCUT2D eigenvalue weighted by Gasteiger charge is 2.37. The fourth-order valence-electron chi connectivity index (χ4n) is 1.81. The topological polar surface area (TPSA) is 70.0 Å². The molecule has 0 spiro atoms. The van der Waals surface area contributed by atoms with E-state index in [0.29, 0.717) is 10.8 Å². The first-order valence-electron chi connectivity index (χ1n) is 6.01. The molecule has 0 saturated heterocycles. The maximum absolute atomic E-state index is 11.9. The highest BCUT2D eigenvalue weighted by atomic mass is 32.2.